The molecule has 1 saturated carbocycles. The van der Waals surface area contributed by atoms with E-state index in [0.717, 1.165) is 43.4 Å². The summed E-state index contributed by atoms with van der Waals surface area (Å²) in [5.74, 6) is 1.54. The van der Waals surface area contributed by atoms with Gasteiger partial charge in [0.25, 0.3) is 0 Å². The van der Waals surface area contributed by atoms with E-state index in [4.69, 9.17) is 16.3 Å². The Labute approximate surface area is 204 Å². The highest BCUT2D eigenvalue weighted by Crippen LogP contribution is 2.40. The van der Waals surface area contributed by atoms with E-state index in [1.54, 1.807) is 19.1 Å². The molecule has 0 radical (unpaired) electrons. The molecule has 9 nitrogen and oxygen atoms in total. The van der Waals surface area contributed by atoms with Gasteiger partial charge in [-0.2, -0.15) is 4.98 Å². The van der Waals surface area contributed by atoms with Crippen molar-refractivity contribution in [3.63, 3.8) is 0 Å². The van der Waals surface area contributed by atoms with Gasteiger partial charge in [-0.1, -0.05) is 18.0 Å². The van der Waals surface area contributed by atoms with Crippen LogP contribution in [-0.4, -0.2) is 48.5 Å². The summed E-state index contributed by atoms with van der Waals surface area (Å²) < 4.78 is 5.77. The van der Waals surface area contributed by atoms with Gasteiger partial charge in [-0.3, -0.25) is 9.59 Å². The number of hydrogen-bond donors (Lipinski definition) is 3. The van der Waals surface area contributed by atoms with Crippen molar-refractivity contribution < 1.29 is 14.3 Å². The largest absolute Gasteiger partial charge is 0.494 e. The number of anilines is 4. The maximum absolute atomic E-state index is 12.5. The van der Waals surface area contributed by atoms with Gasteiger partial charge in [0, 0.05) is 31.6 Å². The Balaban J connectivity index is 1.60. The molecule has 1 aliphatic carbocycles. The molecule has 2 aromatic rings. The molecule has 1 fully saturated rings. The van der Waals surface area contributed by atoms with Gasteiger partial charge in [-0.25, -0.2) is 4.98 Å². The number of hydrogen-bond acceptors (Lipinski definition) is 7. The predicted molar refractivity (Wildman–Crippen MR) is 133 cm³/mol. The first-order valence-electron chi connectivity index (χ1n) is 11.7. The minimum atomic E-state index is -0.124. The molecule has 10 heteroatoms. The monoisotopic (exact) mass is 486 g/mol. The molecule has 182 valence electrons. The summed E-state index contributed by atoms with van der Waals surface area (Å²) in [5.41, 5.74) is 2.59. The Morgan fingerprint density at radius 2 is 2.09 bits per heavy atom. The number of halogens is 1. The summed E-state index contributed by atoms with van der Waals surface area (Å²) in [6.07, 6.45) is 6.22. The van der Waals surface area contributed by atoms with E-state index >= 15 is 0 Å². The van der Waals surface area contributed by atoms with E-state index in [1.807, 2.05) is 19.1 Å². The molecule has 3 N–H and O–H groups in total. The third-order valence-corrected chi connectivity index (χ3v) is 6.85. The normalized spacial score (nSPS) is 19.9. The molecule has 2 heterocycles. The number of aromatic nitrogens is 2. The predicted octanol–water partition coefficient (Wildman–Crippen LogP) is 3.90. The van der Waals surface area contributed by atoms with E-state index in [2.05, 4.69) is 25.9 Å². The van der Waals surface area contributed by atoms with Gasteiger partial charge in [-0.05, 0) is 44.7 Å². The Bertz CT molecular complexity index is 1080. The highest BCUT2D eigenvalue weighted by molar-refractivity contribution is 6.32. The molecule has 1 aromatic heterocycles. The highest BCUT2D eigenvalue weighted by atomic mass is 35.5. The van der Waals surface area contributed by atoms with E-state index in [-0.39, 0.29) is 23.8 Å². The number of nitrogens with zero attached hydrogens (tertiary/aromatic N) is 3. The SMILES string of the molecule is CCN1C(=O)CCCc2c1ccc(Nc1ncc(Cl)c(N[C@H]3CCC[C@H]3C(=O)NC)n1)c2OC. The molecule has 0 bridgehead atoms. The number of benzene rings is 1. The van der Waals surface area contributed by atoms with Crippen LogP contribution in [0, 0.1) is 5.92 Å². The number of nitrogens with one attached hydrogen (secondary N) is 3. The lowest BCUT2D eigenvalue weighted by molar-refractivity contribution is -0.124. The van der Waals surface area contributed by atoms with Crippen LogP contribution in [0.25, 0.3) is 0 Å². The molecule has 0 unspecified atom stereocenters. The molecule has 0 saturated heterocycles. The smallest absolute Gasteiger partial charge is 0.229 e. The van der Waals surface area contributed by atoms with Crippen LogP contribution < -0.4 is 25.6 Å². The van der Waals surface area contributed by atoms with Gasteiger partial charge in [0.15, 0.2) is 5.82 Å². The van der Waals surface area contributed by atoms with E-state index < -0.39 is 0 Å². The number of fused-ring (bicyclic) bond motifs is 1. The van der Waals surface area contributed by atoms with Gasteiger partial charge in [-0.15, -0.1) is 0 Å². The van der Waals surface area contributed by atoms with E-state index in [0.29, 0.717) is 41.2 Å². The molecule has 2 atom stereocenters. The third kappa shape index (κ3) is 4.75. The second kappa shape index (κ2) is 10.5. The fourth-order valence-corrected chi connectivity index (χ4v) is 5.08. The summed E-state index contributed by atoms with van der Waals surface area (Å²) >= 11 is 6.38. The molecule has 2 aliphatic rings. The summed E-state index contributed by atoms with van der Waals surface area (Å²) in [7, 11) is 3.28. The second-order valence-electron chi connectivity index (χ2n) is 8.55. The van der Waals surface area contributed by atoms with E-state index in [9.17, 15) is 9.59 Å². The minimum Gasteiger partial charge on any atom is -0.494 e. The Hall–Kier alpha value is -3.07. The summed E-state index contributed by atoms with van der Waals surface area (Å²) in [6, 6.07) is 3.77. The van der Waals surface area contributed by atoms with E-state index in [1.165, 1.54) is 6.20 Å². The number of carbonyl (C=O) groups is 2. The summed E-state index contributed by atoms with van der Waals surface area (Å²) in [5, 5.41) is 9.72. The molecule has 34 heavy (non-hydrogen) atoms. The lowest BCUT2D eigenvalue weighted by Gasteiger charge is -2.24. The molecular formula is C24H31ClN6O3. The number of amides is 2. The van der Waals surface area contributed by atoms with Crippen LogP contribution in [0.1, 0.15) is 44.6 Å². The van der Waals surface area contributed by atoms with Crippen molar-refractivity contribution in [3.05, 3.63) is 28.9 Å². The lowest BCUT2D eigenvalue weighted by Crippen LogP contribution is -2.36. The maximum atomic E-state index is 12.5. The van der Waals surface area contributed by atoms with Crippen LogP contribution in [0.4, 0.5) is 23.1 Å². The number of ether oxygens (including phenoxy) is 1. The van der Waals surface area contributed by atoms with Gasteiger partial charge in [0.2, 0.25) is 17.8 Å². The average Bonchev–Trinajstić information content (AvgIpc) is 3.23. The summed E-state index contributed by atoms with van der Waals surface area (Å²) in [6.45, 7) is 2.58. The van der Waals surface area contributed by atoms with Crippen LogP contribution >= 0.6 is 11.6 Å². The van der Waals surface area contributed by atoms with Gasteiger partial charge in [0.1, 0.15) is 10.8 Å². The number of carbonyl (C=O) groups excluding carboxylic acids is 2. The Morgan fingerprint density at radius 1 is 1.26 bits per heavy atom. The highest BCUT2D eigenvalue weighted by Gasteiger charge is 2.33. The first kappa shape index (κ1) is 24.1. The van der Waals surface area contributed by atoms with Crippen LogP contribution in [0.2, 0.25) is 5.02 Å². The van der Waals surface area contributed by atoms with Crippen LogP contribution in [0.15, 0.2) is 18.3 Å². The third-order valence-electron chi connectivity index (χ3n) is 6.58. The molecular weight excluding hydrogens is 456 g/mol. The average molecular weight is 487 g/mol. The van der Waals surface area contributed by atoms with Crippen LogP contribution in [0.3, 0.4) is 0 Å². The molecule has 1 aromatic carbocycles. The van der Waals surface area contributed by atoms with Gasteiger partial charge >= 0.3 is 0 Å². The van der Waals surface area contributed by atoms with Crippen molar-refractivity contribution in [3.8, 4) is 5.75 Å². The van der Waals surface area contributed by atoms with Crippen molar-refractivity contribution in [2.45, 2.75) is 51.5 Å². The zero-order valence-corrected chi connectivity index (χ0v) is 20.5. The fraction of sp³-hybridized carbons (Fsp3) is 0.500. The standard InChI is InChI=1S/C24H31ClN6O3/c1-4-31-19-12-11-18(21(34-3)15(19)8-6-10-20(31)32)29-24-27-13-16(25)22(30-24)28-17-9-5-7-14(17)23(33)26-2/h11-14,17H,4-10H2,1-3H3,(H,26,33)(H2,27,28,29,30)/t14-,17+/m1/s1. The molecule has 1 aliphatic heterocycles. The van der Waals surface area contributed by atoms with Gasteiger partial charge in [0.05, 0.1) is 30.6 Å². The topological polar surface area (TPSA) is 108 Å². The zero-order chi connectivity index (χ0) is 24.2. The zero-order valence-electron chi connectivity index (χ0n) is 19.8. The fourth-order valence-electron chi connectivity index (χ4n) is 4.93. The quantitative estimate of drug-likeness (QED) is 0.544. The van der Waals surface area contributed by atoms with Crippen LogP contribution in [0.5, 0.6) is 5.75 Å². The van der Waals surface area contributed by atoms with Crippen molar-refractivity contribution >= 4 is 46.6 Å². The first-order valence-corrected chi connectivity index (χ1v) is 12.1. The minimum absolute atomic E-state index is 0.0212. The molecule has 4 rings (SSSR count). The van der Waals surface area contributed by atoms with Crippen LogP contribution in [-0.2, 0) is 16.0 Å². The maximum Gasteiger partial charge on any atom is 0.229 e. The van der Waals surface area contributed by atoms with Crippen molar-refractivity contribution in [1.29, 1.82) is 0 Å². The first-order chi connectivity index (χ1) is 16.5. The van der Waals surface area contributed by atoms with Crippen molar-refractivity contribution in [2.24, 2.45) is 5.92 Å². The summed E-state index contributed by atoms with van der Waals surface area (Å²) in [4.78, 5) is 35.4. The van der Waals surface area contributed by atoms with Crippen molar-refractivity contribution in [1.82, 2.24) is 15.3 Å². The number of methoxy groups -OCH3 is 1. The Kier molecular flexibility index (Phi) is 7.41. The van der Waals surface area contributed by atoms with Crippen molar-refractivity contribution in [2.75, 3.05) is 36.2 Å². The molecule has 2 amide bonds. The lowest BCUT2D eigenvalue weighted by atomic mass is 10.0. The second-order valence-corrected chi connectivity index (χ2v) is 8.96. The molecule has 0 spiro atoms. The Morgan fingerprint density at radius 3 is 2.82 bits per heavy atom. The van der Waals surface area contributed by atoms with Gasteiger partial charge < -0.3 is 25.6 Å². The number of rotatable bonds is 7.